The van der Waals surface area contributed by atoms with Crippen LogP contribution >= 0.6 is 34.9 Å². The molecule has 1 aliphatic carbocycles. The fraction of sp³-hybridized carbons (Fsp3) is 0.500. The zero-order chi connectivity index (χ0) is 17.8. The largest absolute Gasteiger partial charge is 0.352 e. The van der Waals surface area contributed by atoms with Gasteiger partial charge < -0.3 is 5.32 Å². The smallest absolute Gasteiger partial charge is 0.233 e. The monoisotopic (exact) mass is 393 g/mol. The Morgan fingerprint density at radius 2 is 1.88 bits per heavy atom. The maximum Gasteiger partial charge on any atom is 0.233 e. The normalized spacial score (nSPS) is 15.4. The molecule has 1 amide bonds. The first kappa shape index (κ1) is 18.7. The third kappa shape index (κ3) is 5.72. The summed E-state index contributed by atoms with van der Waals surface area (Å²) in [5.74, 6) is 1.54. The molecule has 25 heavy (non-hydrogen) atoms. The van der Waals surface area contributed by atoms with E-state index in [0.717, 1.165) is 27.3 Å². The van der Waals surface area contributed by atoms with Crippen molar-refractivity contribution in [1.29, 1.82) is 0 Å². The second-order valence-corrected chi connectivity index (χ2v) is 10.3. The average molecular weight is 394 g/mol. The van der Waals surface area contributed by atoms with E-state index in [1.54, 1.807) is 23.1 Å². The summed E-state index contributed by atoms with van der Waals surface area (Å²) >= 11 is 4.75. The Morgan fingerprint density at radius 1 is 1.20 bits per heavy atom. The molecular formula is C18H23N3OS3. The first-order chi connectivity index (χ1) is 12.0. The first-order valence-corrected chi connectivity index (χ1v) is 11.2. The molecule has 1 aromatic carbocycles. The van der Waals surface area contributed by atoms with E-state index >= 15 is 0 Å². The molecule has 1 aromatic heterocycles. The molecular weight excluding hydrogens is 370 g/mol. The van der Waals surface area contributed by atoms with Crippen LogP contribution in [0.2, 0.25) is 0 Å². The molecule has 3 rings (SSSR count). The van der Waals surface area contributed by atoms with Crippen LogP contribution in [0.1, 0.15) is 50.7 Å². The van der Waals surface area contributed by atoms with Crippen LogP contribution in [0, 0.1) is 0 Å². The van der Waals surface area contributed by atoms with Gasteiger partial charge in [-0.15, -0.1) is 10.2 Å². The summed E-state index contributed by atoms with van der Waals surface area (Å²) in [4.78, 5) is 12.0. The lowest BCUT2D eigenvalue weighted by Crippen LogP contribution is -2.32. The van der Waals surface area contributed by atoms with Crippen molar-refractivity contribution in [2.24, 2.45) is 0 Å². The van der Waals surface area contributed by atoms with Gasteiger partial charge in [0, 0.05) is 11.8 Å². The number of rotatable bonds is 8. The SMILES string of the molecule is CC(Sc1nnc(SCc2ccc(C(C)C)cc2)s1)C(=O)NC1CC1. The van der Waals surface area contributed by atoms with E-state index < -0.39 is 0 Å². The highest BCUT2D eigenvalue weighted by Crippen LogP contribution is 2.33. The Balaban J connectivity index is 1.48. The summed E-state index contributed by atoms with van der Waals surface area (Å²) in [7, 11) is 0. The maximum absolute atomic E-state index is 12.0. The highest BCUT2D eigenvalue weighted by atomic mass is 32.2. The van der Waals surface area contributed by atoms with Crippen molar-refractivity contribution in [2.45, 2.75) is 65.3 Å². The molecule has 1 N–H and O–H groups in total. The third-order valence-electron chi connectivity index (χ3n) is 3.97. The number of hydrogen-bond acceptors (Lipinski definition) is 6. The Kier molecular flexibility index (Phi) is 6.41. The molecule has 0 aliphatic heterocycles. The first-order valence-electron chi connectivity index (χ1n) is 8.53. The predicted octanol–water partition coefficient (Wildman–Crippen LogP) is 4.71. The molecule has 0 radical (unpaired) electrons. The number of amides is 1. The number of benzene rings is 1. The van der Waals surface area contributed by atoms with Crippen LogP contribution in [0.4, 0.5) is 0 Å². The maximum atomic E-state index is 12.0. The molecule has 4 nitrogen and oxygen atoms in total. The van der Waals surface area contributed by atoms with Crippen LogP contribution in [-0.2, 0) is 10.5 Å². The Labute approximate surface area is 161 Å². The average Bonchev–Trinajstić information content (AvgIpc) is 3.30. The van der Waals surface area contributed by atoms with Gasteiger partial charge in [-0.05, 0) is 36.8 Å². The molecule has 1 fully saturated rings. The van der Waals surface area contributed by atoms with Crippen molar-refractivity contribution < 1.29 is 4.79 Å². The van der Waals surface area contributed by atoms with Crippen LogP contribution in [0.3, 0.4) is 0 Å². The number of thioether (sulfide) groups is 2. The standard InChI is InChI=1S/C18H23N3OS3/c1-11(2)14-6-4-13(5-7-14)10-23-17-20-21-18(25-17)24-12(3)16(22)19-15-8-9-15/h4-7,11-12,15H,8-10H2,1-3H3,(H,19,22). The molecule has 0 bridgehead atoms. The van der Waals surface area contributed by atoms with Crippen molar-refractivity contribution in [3.8, 4) is 0 Å². The number of aromatic nitrogens is 2. The van der Waals surface area contributed by atoms with E-state index in [0.29, 0.717) is 12.0 Å². The minimum absolute atomic E-state index is 0.0992. The van der Waals surface area contributed by atoms with Gasteiger partial charge in [0.25, 0.3) is 0 Å². The summed E-state index contributed by atoms with van der Waals surface area (Å²) < 4.78 is 1.81. The van der Waals surface area contributed by atoms with Gasteiger partial charge >= 0.3 is 0 Å². The minimum atomic E-state index is -0.130. The van der Waals surface area contributed by atoms with E-state index in [9.17, 15) is 4.79 Å². The van der Waals surface area contributed by atoms with Crippen molar-refractivity contribution in [1.82, 2.24) is 15.5 Å². The van der Waals surface area contributed by atoms with E-state index in [1.165, 1.54) is 22.9 Å². The molecule has 2 aromatic rings. The quantitative estimate of drug-likeness (QED) is 0.658. The van der Waals surface area contributed by atoms with Crippen LogP contribution in [0.15, 0.2) is 32.9 Å². The van der Waals surface area contributed by atoms with Crippen LogP contribution in [0.25, 0.3) is 0 Å². The lowest BCUT2D eigenvalue weighted by atomic mass is 10.0. The molecule has 0 spiro atoms. The van der Waals surface area contributed by atoms with E-state index in [-0.39, 0.29) is 11.2 Å². The van der Waals surface area contributed by atoms with Crippen molar-refractivity contribution in [3.05, 3.63) is 35.4 Å². The fourth-order valence-corrected chi connectivity index (χ4v) is 5.33. The van der Waals surface area contributed by atoms with Gasteiger partial charge in [0.05, 0.1) is 5.25 Å². The van der Waals surface area contributed by atoms with E-state index in [1.807, 2.05) is 6.92 Å². The molecule has 1 heterocycles. The second kappa shape index (κ2) is 8.56. The molecule has 134 valence electrons. The van der Waals surface area contributed by atoms with Gasteiger partial charge in [-0.3, -0.25) is 4.79 Å². The highest BCUT2D eigenvalue weighted by molar-refractivity contribution is 8.03. The Bertz CT molecular complexity index is 711. The van der Waals surface area contributed by atoms with Crippen LogP contribution in [0.5, 0.6) is 0 Å². The molecule has 1 saturated carbocycles. The van der Waals surface area contributed by atoms with Crippen molar-refractivity contribution in [2.75, 3.05) is 0 Å². The van der Waals surface area contributed by atoms with Crippen molar-refractivity contribution >= 4 is 40.8 Å². The van der Waals surface area contributed by atoms with Gasteiger partial charge in [0.15, 0.2) is 8.68 Å². The molecule has 1 unspecified atom stereocenters. The summed E-state index contributed by atoms with van der Waals surface area (Å²) in [6.07, 6.45) is 2.22. The van der Waals surface area contributed by atoms with Crippen molar-refractivity contribution in [3.63, 3.8) is 0 Å². The summed E-state index contributed by atoms with van der Waals surface area (Å²) in [5.41, 5.74) is 2.65. The zero-order valence-corrected chi connectivity index (χ0v) is 17.1. The predicted molar refractivity (Wildman–Crippen MR) is 106 cm³/mol. The molecule has 1 atom stereocenters. The van der Waals surface area contributed by atoms with Gasteiger partial charge in [-0.25, -0.2) is 0 Å². The summed E-state index contributed by atoms with van der Waals surface area (Å²) in [5, 5.41) is 11.4. The second-order valence-electron chi connectivity index (χ2n) is 6.56. The number of nitrogens with one attached hydrogen (secondary N) is 1. The van der Waals surface area contributed by atoms with E-state index in [2.05, 4.69) is 53.6 Å². The lowest BCUT2D eigenvalue weighted by molar-refractivity contribution is -0.120. The van der Waals surface area contributed by atoms with Gasteiger partial charge in [0.2, 0.25) is 5.91 Å². The molecule has 7 heteroatoms. The topological polar surface area (TPSA) is 54.9 Å². The number of carbonyl (C=O) groups excluding carboxylic acids is 1. The molecule has 0 saturated heterocycles. The van der Waals surface area contributed by atoms with E-state index in [4.69, 9.17) is 0 Å². The zero-order valence-electron chi connectivity index (χ0n) is 14.7. The molecule has 1 aliphatic rings. The van der Waals surface area contributed by atoms with Gasteiger partial charge in [-0.1, -0.05) is 73.0 Å². The fourth-order valence-electron chi connectivity index (χ4n) is 2.20. The summed E-state index contributed by atoms with van der Waals surface area (Å²) in [6.45, 7) is 6.33. The minimum Gasteiger partial charge on any atom is -0.352 e. The Morgan fingerprint density at radius 3 is 2.52 bits per heavy atom. The number of nitrogens with zero attached hydrogens (tertiary/aromatic N) is 2. The number of carbonyl (C=O) groups is 1. The summed E-state index contributed by atoms with van der Waals surface area (Å²) in [6, 6.07) is 9.16. The van der Waals surface area contributed by atoms with Gasteiger partial charge in [0.1, 0.15) is 0 Å². The Hall–Kier alpha value is -1.05. The van der Waals surface area contributed by atoms with Crippen LogP contribution in [-0.4, -0.2) is 27.4 Å². The van der Waals surface area contributed by atoms with Crippen LogP contribution < -0.4 is 5.32 Å². The third-order valence-corrected chi connectivity index (χ3v) is 7.28. The lowest BCUT2D eigenvalue weighted by Gasteiger charge is -2.08. The number of hydrogen-bond donors (Lipinski definition) is 1. The van der Waals surface area contributed by atoms with Gasteiger partial charge in [-0.2, -0.15) is 0 Å². The highest BCUT2D eigenvalue weighted by Gasteiger charge is 2.26.